The summed E-state index contributed by atoms with van der Waals surface area (Å²) in [6.45, 7) is 2.25. The third-order valence-corrected chi connectivity index (χ3v) is 2.91. The van der Waals surface area contributed by atoms with Crippen molar-refractivity contribution in [3.63, 3.8) is 0 Å². The summed E-state index contributed by atoms with van der Waals surface area (Å²) in [4.78, 5) is 8.25. The Morgan fingerprint density at radius 3 is 2.25 bits per heavy atom. The van der Waals surface area contributed by atoms with Crippen LogP contribution in [-0.2, 0) is 6.42 Å². The third kappa shape index (κ3) is 6.06. The van der Waals surface area contributed by atoms with E-state index in [0.717, 1.165) is 12.1 Å². The number of aromatic nitrogens is 2. The van der Waals surface area contributed by atoms with Gasteiger partial charge in [-0.15, -0.1) is 0 Å². The normalized spacial score (nSPS) is 10.6. The first kappa shape index (κ1) is 13.4. The van der Waals surface area contributed by atoms with Gasteiger partial charge in [0.1, 0.15) is 5.15 Å². The molecule has 0 bridgehead atoms. The third-order valence-electron chi connectivity index (χ3n) is 2.71. The van der Waals surface area contributed by atoms with Crippen LogP contribution in [0, 0.1) is 0 Å². The number of unbranched alkanes of at least 4 members (excludes halogenated alkanes) is 6. The highest BCUT2D eigenvalue weighted by Gasteiger charge is 1.96. The summed E-state index contributed by atoms with van der Waals surface area (Å²) in [6.07, 6.45) is 13.7. The molecule has 90 valence electrons. The van der Waals surface area contributed by atoms with Gasteiger partial charge < -0.3 is 0 Å². The van der Waals surface area contributed by atoms with Gasteiger partial charge in [0, 0.05) is 0 Å². The molecular weight excluding hydrogens is 220 g/mol. The van der Waals surface area contributed by atoms with Crippen molar-refractivity contribution >= 4 is 11.6 Å². The summed E-state index contributed by atoms with van der Waals surface area (Å²) in [5.74, 6) is 0. The topological polar surface area (TPSA) is 25.8 Å². The fourth-order valence-corrected chi connectivity index (χ4v) is 1.83. The van der Waals surface area contributed by atoms with Gasteiger partial charge in [-0.3, -0.25) is 4.98 Å². The van der Waals surface area contributed by atoms with E-state index in [1.165, 1.54) is 44.9 Å². The molecule has 1 heterocycles. The summed E-state index contributed by atoms with van der Waals surface area (Å²) in [6, 6.07) is 0. The van der Waals surface area contributed by atoms with E-state index in [2.05, 4.69) is 16.9 Å². The minimum Gasteiger partial charge on any atom is -0.256 e. The van der Waals surface area contributed by atoms with Crippen LogP contribution in [0.1, 0.15) is 57.6 Å². The van der Waals surface area contributed by atoms with Crippen LogP contribution >= 0.6 is 11.6 Å². The Bertz CT molecular complexity index is 272. The lowest BCUT2D eigenvalue weighted by molar-refractivity contribution is 0.587. The van der Waals surface area contributed by atoms with Gasteiger partial charge in [0.15, 0.2) is 0 Å². The fraction of sp³-hybridized carbons (Fsp3) is 0.692. The van der Waals surface area contributed by atoms with Gasteiger partial charge in [0.05, 0.1) is 18.1 Å². The van der Waals surface area contributed by atoms with E-state index in [1.807, 2.05) is 0 Å². The maximum absolute atomic E-state index is 5.67. The Labute approximate surface area is 103 Å². The predicted molar refractivity (Wildman–Crippen MR) is 68.7 cm³/mol. The van der Waals surface area contributed by atoms with Gasteiger partial charge in [-0.2, -0.15) is 0 Å². The van der Waals surface area contributed by atoms with Gasteiger partial charge in [-0.05, 0) is 12.8 Å². The van der Waals surface area contributed by atoms with Crippen LogP contribution < -0.4 is 0 Å². The Morgan fingerprint density at radius 1 is 0.938 bits per heavy atom. The second-order valence-electron chi connectivity index (χ2n) is 4.20. The van der Waals surface area contributed by atoms with Gasteiger partial charge in [-0.25, -0.2) is 4.98 Å². The summed E-state index contributed by atoms with van der Waals surface area (Å²) >= 11 is 5.67. The Kier molecular flexibility index (Phi) is 7.15. The highest BCUT2D eigenvalue weighted by atomic mass is 35.5. The van der Waals surface area contributed by atoms with E-state index >= 15 is 0 Å². The van der Waals surface area contributed by atoms with Crippen LogP contribution in [0.4, 0.5) is 0 Å². The van der Waals surface area contributed by atoms with Crippen LogP contribution in [0.3, 0.4) is 0 Å². The molecule has 0 fully saturated rings. The predicted octanol–water partition coefficient (Wildman–Crippen LogP) is 4.42. The summed E-state index contributed by atoms with van der Waals surface area (Å²) in [5.41, 5.74) is 1.05. The van der Waals surface area contributed by atoms with Gasteiger partial charge in [0.2, 0.25) is 0 Å². The average Bonchev–Trinajstić information content (AvgIpc) is 2.30. The van der Waals surface area contributed by atoms with Crippen LogP contribution in [0.5, 0.6) is 0 Å². The molecule has 0 N–H and O–H groups in total. The molecule has 0 aliphatic rings. The van der Waals surface area contributed by atoms with Crippen molar-refractivity contribution in [3.8, 4) is 0 Å². The maximum Gasteiger partial charge on any atom is 0.147 e. The molecule has 0 aromatic carbocycles. The molecule has 0 aliphatic carbocycles. The van der Waals surface area contributed by atoms with Crippen molar-refractivity contribution in [2.75, 3.05) is 0 Å². The quantitative estimate of drug-likeness (QED) is 0.629. The summed E-state index contributed by atoms with van der Waals surface area (Å²) in [5, 5.41) is 0.475. The Morgan fingerprint density at radius 2 is 1.62 bits per heavy atom. The maximum atomic E-state index is 5.67. The van der Waals surface area contributed by atoms with Crippen LogP contribution in [0.15, 0.2) is 12.4 Å². The zero-order chi connectivity index (χ0) is 11.6. The van der Waals surface area contributed by atoms with Crippen LogP contribution in [-0.4, -0.2) is 9.97 Å². The second-order valence-corrected chi connectivity index (χ2v) is 4.59. The van der Waals surface area contributed by atoms with Crippen molar-refractivity contribution in [2.24, 2.45) is 0 Å². The first-order chi connectivity index (χ1) is 7.83. The van der Waals surface area contributed by atoms with E-state index < -0.39 is 0 Å². The van der Waals surface area contributed by atoms with E-state index in [4.69, 9.17) is 11.6 Å². The molecule has 1 aromatic heterocycles. The zero-order valence-corrected chi connectivity index (χ0v) is 10.8. The fourth-order valence-electron chi connectivity index (χ4n) is 1.73. The lowest BCUT2D eigenvalue weighted by Crippen LogP contribution is -1.91. The first-order valence-electron chi connectivity index (χ1n) is 6.29. The Hall–Kier alpha value is -0.630. The van der Waals surface area contributed by atoms with Crippen molar-refractivity contribution in [1.82, 2.24) is 9.97 Å². The second kappa shape index (κ2) is 8.51. The SMILES string of the molecule is CCCCCCCCCc1cnc(Cl)cn1. The molecule has 0 spiro atoms. The molecule has 0 radical (unpaired) electrons. The van der Waals surface area contributed by atoms with E-state index in [0.29, 0.717) is 5.15 Å². The molecule has 1 aromatic rings. The van der Waals surface area contributed by atoms with Crippen molar-refractivity contribution in [2.45, 2.75) is 58.3 Å². The standard InChI is InChI=1S/C13H21ClN2/c1-2-3-4-5-6-7-8-9-12-10-16-13(14)11-15-12/h10-11H,2-9H2,1H3. The monoisotopic (exact) mass is 240 g/mol. The van der Waals surface area contributed by atoms with E-state index in [-0.39, 0.29) is 0 Å². The van der Waals surface area contributed by atoms with Crippen molar-refractivity contribution in [3.05, 3.63) is 23.2 Å². The van der Waals surface area contributed by atoms with Crippen LogP contribution in [0.25, 0.3) is 0 Å². The number of nitrogens with zero attached hydrogens (tertiary/aromatic N) is 2. The molecule has 0 unspecified atom stereocenters. The molecule has 0 aliphatic heterocycles. The molecular formula is C13H21ClN2. The first-order valence-corrected chi connectivity index (χ1v) is 6.67. The van der Waals surface area contributed by atoms with Gasteiger partial charge >= 0.3 is 0 Å². The minimum atomic E-state index is 0.475. The molecule has 2 nitrogen and oxygen atoms in total. The molecule has 0 saturated heterocycles. The molecule has 1 rings (SSSR count). The summed E-state index contributed by atoms with van der Waals surface area (Å²) < 4.78 is 0. The zero-order valence-electron chi connectivity index (χ0n) is 10.1. The highest BCUT2D eigenvalue weighted by Crippen LogP contribution is 2.09. The number of hydrogen-bond acceptors (Lipinski definition) is 2. The number of hydrogen-bond donors (Lipinski definition) is 0. The van der Waals surface area contributed by atoms with Gasteiger partial charge in [-0.1, -0.05) is 57.0 Å². The highest BCUT2D eigenvalue weighted by molar-refractivity contribution is 6.29. The van der Waals surface area contributed by atoms with E-state index in [1.54, 1.807) is 12.4 Å². The lowest BCUT2D eigenvalue weighted by Gasteiger charge is -2.01. The molecule has 3 heteroatoms. The average molecular weight is 241 g/mol. The molecule has 0 amide bonds. The minimum absolute atomic E-state index is 0.475. The molecule has 0 saturated carbocycles. The number of halogens is 1. The molecule has 16 heavy (non-hydrogen) atoms. The summed E-state index contributed by atoms with van der Waals surface area (Å²) in [7, 11) is 0. The smallest absolute Gasteiger partial charge is 0.147 e. The van der Waals surface area contributed by atoms with Gasteiger partial charge in [0.25, 0.3) is 0 Å². The number of rotatable bonds is 8. The molecule has 0 atom stereocenters. The van der Waals surface area contributed by atoms with E-state index in [9.17, 15) is 0 Å². The lowest BCUT2D eigenvalue weighted by atomic mass is 10.1. The van der Waals surface area contributed by atoms with Crippen LogP contribution in [0.2, 0.25) is 5.15 Å². The largest absolute Gasteiger partial charge is 0.256 e. The van der Waals surface area contributed by atoms with Crippen molar-refractivity contribution in [1.29, 1.82) is 0 Å². The van der Waals surface area contributed by atoms with Crippen molar-refractivity contribution < 1.29 is 0 Å². The number of aryl methyl sites for hydroxylation is 1. The Balaban J connectivity index is 2.01.